The van der Waals surface area contributed by atoms with Gasteiger partial charge in [0.1, 0.15) is 9.84 Å². The number of urea groups is 1. The van der Waals surface area contributed by atoms with Crippen molar-refractivity contribution in [3.05, 3.63) is 0 Å². The summed E-state index contributed by atoms with van der Waals surface area (Å²) in [4.78, 5) is 11.7. The predicted octanol–water partition coefficient (Wildman–Crippen LogP) is 0.253. The Morgan fingerprint density at radius 2 is 1.75 bits per heavy atom. The first-order chi connectivity index (χ1) is 9.55. The fraction of sp³-hybridized carbons (Fsp3) is 0.923. The van der Waals surface area contributed by atoms with Crippen LogP contribution < -0.4 is 16.0 Å². The highest BCUT2D eigenvalue weighted by atomic mass is 32.2. The molecule has 7 heteroatoms. The van der Waals surface area contributed by atoms with E-state index in [4.69, 9.17) is 0 Å². The van der Waals surface area contributed by atoms with Crippen LogP contribution in [0.1, 0.15) is 32.1 Å². The molecular weight excluding hydrogens is 278 g/mol. The van der Waals surface area contributed by atoms with Crippen molar-refractivity contribution >= 4 is 15.9 Å². The average Bonchev–Trinajstić information content (AvgIpc) is 2.45. The SMILES string of the molecule is O=C(NCC1CCS(=O)(=O)CC1)NCC1CCCCN1. The van der Waals surface area contributed by atoms with E-state index >= 15 is 0 Å². The van der Waals surface area contributed by atoms with Crippen LogP contribution in [0.4, 0.5) is 4.79 Å². The zero-order valence-electron chi connectivity index (χ0n) is 11.9. The summed E-state index contributed by atoms with van der Waals surface area (Å²) in [7, 11) is -2.82. The lowest BCUT2D eigenvalue weighted by molar-refractivity contribution is 0.236. The standard InChI is InChI=1S/C13H25N3O3S/c17-13(16-10-12-3-1-2-6-14-12)15-9-11-4-7-20(18,19)8-5-11/h11-12,14H,1-10H2,(H2,15,16,17). The zero-order valence-corrected chi connectivity index (χ0v) is 12.7. The molecule has 3 N–H and O–H groups in total. The van der Waals surface area contributed by atoms with E-state index in [9.17, 15) is 13.2 Å². The minimum atomic E-state index is -2.82. The van der Waals surface area contributed by atoms with E-state index in [1.807, 2.05) is 0 Å². The van der Waals surface area contributed by atoms with E-state index in [1.165, 1.54) is 12.8 Å². The van der Waals surface area contributed by atoms with Crippen molar-refractivity contribution in [2.45, 2.75) is 38.1 Å². The summed E-state index contributed by atoms with van der Waals surface area (Å²) < 4.78 is 22.6. The molecule has 2 amide bonds. The molecular formula is C13H25N3O3S. The van der Waals surface area contributed by atoms with E-state index in [0.717, 1.165) is 13.0 Å². The number of piperidine rings is 1. The maximum absolute atomic E-state index is 11.7. The second-order valence-corrected chi connectivity index (χ2v) is 8.14. The molecule has 0 spiro atoms. The van der Waals surface area contributed by atoms with Crippen LogP contribution in [0.5, 0.6) is 0 Å². The third kappa shape index (κ3) is 5.28. The van der Waals surface area contributed by atoms with Crippen LogP contribution in [-0.4, -0.2) is 51.6 Å². The Hall–Kier alpha value is -0.820. The van der Waals surface area contributed by atoms with Gasteiger partial charge in [-0.2, -0.15) is 0 Å². The maximum Gasteiger partial charge on any atom is 0.314 e. The van der Waals surface area contributed by atoms with Crippen LogP contribution in [0, 0.1) is 5.92 Å². The largest absolute Gasteiger partial charge is 0.338 e. The number of sulfone groups is 1. The Morgan fingerprint density at radius 3 is 2.40 bits per heavy atom. The van der Waals surface area contributed by atoms with Gasteiger partial charge in [0.2, 0.25) is 0 Å². The summed E-state index contributed by atoms with van der Waals surface area (Å²) in [5.41, 5.74) is 0. The van der Waals surface area contributed by atoms with Gasteiger partial charge in [0.05, 0.1) is 11.5 Å². The highest BCUT2D eigenvalue weighted by Gasteiger charge is 2.23. The van der Waals surface area contributed by atoms with E-state index in [-0.39, 0.29) is 23.5 Å². The molecule has 2 rings (SSSR count). The van der Waals surface area contributed by atoms with Gasteiger partial charge in [0.15, 0.2) is 0 Å². The van der Waals surface area contributed by atoms with Gasteiger partial charge in [-0.05, 0) is 38.1 Å². The summed E-state index contributed by atoms with van der Waals surface area (Å²) in [5, 5.41) is 9.10. The minimum absolute atomic E-state index is 0.147. The van der Waals surface area contributed by atoms with Crippen LogP contribution in [0.25, 0.3) is 0 Å². The first-order valence-corrected chi connectivity index (χ1v) is 9.33. The number of hydrogen-bond donors (Lipinski definition) is 3. The molecule has 0 aromatic rings. The summed E-state index contributed by atoms with van der Waals surface area (Å²) in [6.45, 7) is 2.26. The highest BCUT2D eigenvalue weighted by molar-refractivity contribution is 7.91. The molecule has 20 heavy (non-hydrogen) atoms. The molecule has 2 saturated heterocycles. The Balaban J connectivity index is 1.58. The minimum Gasteiger partial charge on any atom is -0.338 e. The van der Waals surface area contributed by atoms with Gasteiger partial charge in [0.25, 0.3) is 0 Å². The van der Waals surface area contributed by atoms with Crippen molar-refractivity contribution in [2.75, 3.05) is 31.1 Å². The van der Waals surface area contributed by atoms with Crippen LogP contribution >= 0.6 is 0 Å². The number of nitrogens with one attached hydrogen (secondary N) is 3. The molecule has 116 valence electrons. The predicted molar refractivity (Wildman–Crippen MR) is 78.4 cm³/mol. The Labute approximate surface area is 121 Å². The fourth-order valence-corrected chi connectivity index (χ4v) is 4.35. The van der Waals surface area contributed by atoms with E-state index in [1.54, 1.807) is 0 Å². The number of amides is 2. The van der Waals surface area contributed by atoms with E-state index < -0.39 is 9.84 Å². The van der Waals surface area contributed by atoms with Crippen LogP contribution in [-0.2, 0) is 9.84 Å². The van der Waals surface area contributed by atoms with Crippen molar-refractivity contribution in [1.29, 1.82) is 0 Å². The topological polar surface area (TPSA) is 87.3 Å². The summed E-state index contributed by atoms with van der Waals surface area (Å²) >= 11 is 0. The maximum atomic E-state index is 11.7. The van der Waals surface area contributed by atoms with Crippen molar-refractivity contribution in [2.24, 2.45) is 5.92 Å². The molecule has 0 saturated carbocycles. The Kier molecular flexibility index (Phi) is 5.65. The molecule has 2 aliphatic heterocycles. The van der Waals surface area contributed by atoms with Gasteiger partial charge in [-0.25, -0.2) is 13.2 Å². The first-order valence-electron chi connectivity index (χ1n) is 7.51. The van der Waals surface area contributed by atoms with E-state index in [2.05, 4.69) is 16.0 Å². The van der Waals surface area contributed by atoms with Gasteiger partial charge in [-0.1, -0.05) is 6.42 Å². The average molecular weight is 303 g/mol. The molecule has 0 aliphatic carbocycles. The van der Waals surface area contributed by atoms with Gasteiger partial charge in [-0.3, -0.25) is 0 Å². The molecule has 2 aliphatic rings. The third-order valence-corrected chi connectivity index (χ3v) is 5.86. The lowest BCUT2D eigenvalue weighted by Crippen LogP contribution is -2.47. The molecule has 2 heterocycles. The van der Waals surface area contributed by atoms with Crippen molar-refractivity contribution in [3.63, 3.8) is 0 Å². The molecule has 1 unspecified atom stereocenters. The van der Waals surface area contributed by atoms with Crippen LogP contribution in [0.3, 0.4) is 0 Å². The number of carbonyl (C=O) groups is 1. The molecule has 0 aromatic carbocycles. The summed E-state index contributed by atoms with van der Waals surface area (Å²) in [6.07, 6.45) is 4.87. The quantitative estimate of drug-likeness (QED) is 0.695. The second kappa shape index (κ2) is 7.26. The first kappa shape index (κ1) is 15.6. The molecule has 2 fully saturated rings. The molecule has 1 atom stereocenters. The van der Waals surface area contributed by atoms with Crippen LogP contribution in [0.2, 0.25) is 0 Å². The molecule has 0 radical (unpaired) electrons. The van der Waals surface area contributed by atoms with Gasteiger partial charge in [0, 0.05) is 19.1 Å². The number of carbonyl (C=O) groups excluding carboxylic acids is 1. The lowest BCUT2D eigenvalue weighted by atomic mass is 10.0. The normalized spacial score (nSPS) is 26.9. The Morgan fingerprint density at radius 1 is 1.05 bits per heavy atom. The van der Waals surface area contributed by atoms with Gasteiger partial charge >= 0.3 is 6.03 Å². The summed E-state index contributed by atoms with van der Waals surface area (Å²) in [6, 6.07) is 0.236. The summed E-state index contributed by atoms with van der Waals surface area (Å²) in [5.74, 6) is 0.803. The van der Waals surface area contributed by atoms with Gasteiger partial charge < -0.3 is 16.0 Å². The molecule has 0 aromatic heterocycles. The zero-order chi connectivity index (χ0) is 14.4. The van der Waals surface area contributed by atoms with E-state index in [0.29, 0.717) is 32.0 Å². The monoisotopic (exact) mass is 303 g/mol. The molecule has 6 nitrogen and oxygen atoms in total. The number of hydrogen-bond acceptors (Lipinski definition) is 4. The third-order valence-electron chi connectivity index (χ3n) is 4.15. The lowest BCUT2D eigenvalue weighted by Gasteiger charge is -2.24. The molecule has 0 bridgehead atoms. The number of rotatable bonds is 4. The Bertz CT molecular complexity index is 405. The van der Waals surface area contributed by atoms with Crippen molar-refractivity contribution in [1.82, 2.24) is 16.0 Å². The fourth-order valence-electron chi connectivity index (χ4n) is 2.76. The smallest absolute Gasteiger partial charge is 0.314 e. The van der Waals surface area contributed by atoms with Crippen LogP contribution in [0.15, 0.2) is 0 Å². The van der Waals surface area contributed by atoms with Gasteiger partial charge in [-0.15, -0.1) is 0 Å². The van der Waals surface area contributed by atoms with Crippen molar-refractivity contribution in [3.8, 4) is 0 Å². The second-order valence-electron chi connectivity index (χ2n) is 5.83. The highest BCUT2D eigenvalue weighted by Crippen LogP contribution is 2.17. The van der Waals surface area contributed by atoms with Crippen molar-refractivity contribution < 1.29 is 13.2 Å².